The highest BCUT2D eigenvalue weighted by Crippen LogP contribution is 2.10. The second kappa shape index (κ2) is 10.0. The van der Waals surface area contributed by atoms with Crippen molar-refractivity contribution in [2.75, 3.05) is 6.61 Å². The topological polar surface area (TPSA) is 46.2 Å². The lowest BCUT2D eigenvalue weighted by Crippen LogP contribution is -2.24. The van der Waals surface area contributed by atoms with E-state index in [2.05, 4.69) is 19.9 Å². The van der Waals surface area contributed by atoms with E-state index in [1.165, 1.54) is 12.0 Å². The molecule has 3 N–H and O–H groups in total. The lowest BCUT2D eigenvalue weighted by Gasteiger charge is -2.09. The van der Waals surface area contributed by atoms with Crippen LogP contribution in [0.4, 0.5) is 0 Å². The Labute approximate surface area is 87.6 Å². The van der Waals surface area contributed by atoms with Crippen LogP contribution in [0.25, 0.3) is 0 Å². The monoisotopic (exact) mass is 207 g/mol. The molecule has 0 heterocycles. The summed E-state index contributed by atoms with van der Waals surface area (Å²) in [5.41, 5.74) is 7.00. The molecule has 80 valence electrons. The van der Waals surface area contributed by atoms with Crippen molar-refractivity contribution in [3.05, 3.63) is 11.6 Å². The number of aliphatic hydroxyl groups is 1. The van der Waals surface area contributed by atoms with Crippen molar-refractivity contribution in [1.29, 1.82) is 0 Å². The Hall–Kier alpha value is -0.0500. The fraction of sp³-hybridized carbons (Fsp3) is 0.800. The fourth-order valence-corrected chi connectivity index (χ4v) is 1.12. The van der Waals surface area contributed by atoms with Gasteiger partial charge in [-0.05, 0) is 19.3 Å². The van der Waals surface area contributed by atoms with E-state index in [0.717, 1.165) is 19.3 Å². The molecule has 0 saturated carbocycles. The number of allylic oxidation sites excluding steroid dienone is 1. The van der Waals surface area contributed by atoms with E-state index in [9.17, 15) is 0 Å². The highest BCUT2D eigenvalue weighted by molar-refractivity contribution is 5.85. The van der Waals surface area contributed by atoms with E-state index in [4.69, 9.17) is 10.8 Å². The molecular weight excluding hydrogens is 186 g/mol. The Morgan fingerprint density at radius 2 is 2.08 bits per heavy atom. The summed E-state index contributed by atoms with van der Waals surface area (Å²) in [4.78, 5) is 0. The molecule has 0 fully saturated rings. The Morgan fingerprint density at radius 1 is 1.46 bits per heavy atom. The molecule has 0 amide bonds. The lowest BCUT2D eigenvalue weighted by molar-refractivity contribution is 0.264. The maximum atomic E-state index is 8.75. The first-order chi connectivity index (χ1) is 5.74. The number of hydrogen-bond donors (Lipinski definition) is 2. The zero-order valence-corrected chi connectivity index (χ0v) is 9.44. The molecule has 0 aliphatic heterocycles. The molecule has 13 heavy (non-hydrogen) atoms. The smallest absolute Gasteiger partial charge is 0.0585 e. The van der Waals surface area contributed by atoms with Crippen LogP contribution in [0, 0.1) is 0 Å². The van der Waals surface area contributed by atoms with E-state index in [1.807, 2.05) is 0 Å². The van der Waals surface area contributed by atoms with Gasteiger partial charge in [-0.15, -0.1) is 12.4 Å². The van der Waals surface area contributed by atoms with Gasteiger partial charge in [-0.3, -0.25) is 0 Å². The quantitative estimate of drug-likeness (QED) is 0.657. The molecule has 0 aromatic carbocycles. The summed E-state index contributed by atoms with van der Waals surface area (Å²) in [6.45, 7) is 4.38. The maximum absolute atomic E-state index is 8.75. The van der Waals surface area contributed by atoms with Crippen LogP contribution in [0.3, 0.4) is 0 Å². The van der Waals surface area contributed by atoms with E-state index < -0.39 is 0 Å². The largest absolute Gasteiger partial charge is 0.395 e. The van der Waals surface area contributed by atoms with Gasteiger partial charge in [0.25, 0.3) is 0 Å². The summed E-state index contributed by atoms with van der Waals surface area (Å²) in [6, 6.07) is -0.0759. The summed E-state index contributed by atoms with van der Waals surface area (Å²) in [6.07, 6.45) is 6.44. The van der Waals surface area contributed by atoms with Crippen molar-refractivity contribution in [1.82, 2.24) is 0 Å². The first kappa shape index (κ1) is 15.4. The van der Waals surface area contributed by atoms with Gasteiger partial charge in [-0.25, -0.2) is 0 Å². The average Bonchev–Trinajstić information content (AvgIpc) is 2.11. The number of halogens is 1. The Bertz CT molecular complexity index is 137. The molecule has 0 rings (SSSR count). The van der Waals surface area contributed by atoms with Crippen LogP contribution in [-0.2, 0) is 0 Å². The fourth-order valence-electron chi connectivity index (χ4n) is 1.12. The third-order valence-electron chi connectivity index (χ3n) is 1.93. The predicted molar refractivity (Wildman–Crippen MR) is 60.2 cm³/mol. The molecule has 0 saturated heterocycles. The van der Waals surface area contributed by atoms with Crippen LogP contribution in [-0.4, -0.2) is 17.8 Å². The maximum Gasteiger partial charge on any atom is 0.0585 e. The zero-order chi connectivity index (χ0) is 9.40. The molecule has 0 aliphatic rings. The summed E-state index contributed by atoms with van der Waals surface area (Å²) in [5, 5.41) is 8.75. The minimum absolute atomic E-state index is 0. The van der Waals surface area contributed by atoms with Gasteiger partial charge in [0.1, 0.15) is 0 Å². The molecule has 1 atom stereocenters. The molecule has 3 heteroatoms. The van der Waals surface area contributed by atoms with E-state index in [-0.39, 0.29) is 25.1 Å². The third kappa shape index (κ3) is 8.28. The summed E-state index contributed by atoms with van der Waals surface area (Å²) in [7, 11) is 0. The van der Waals surface area contributed by atoms with Crippen LogP contribution in [0.1, 0.15) is 39.5 Å². The van der Waals surface area contributed by atoms with Crippen LogP contribution < -0.4 is 5.73 Å². The van der Waals surface area contributed by atoms with E-state index in [1.54, 1.807) is 0 Å². The summed E-state index contributed by atoms with van der Waals surface area (Å²) < 4.78 is 0. The standard InChI is InChI=1S/C10H21NO.ClH/c1-3-5-6-9(4-2)7-10(11)8-12;/h6,10,12H,3-5,7-8,11H2,1-2H3;1H/b9-6+;. The SMILES string of the molecule is CCC/C=C(\CC)CC(N)CO.Cl. The molecule has 0 aromatic heterocycles. The number of aliphatic hydroxyl groups excluding tert-OH is 1. The highest BCUT2D eigenvalue weighted by atomic mass is 35.5. The third-order valence-corrected chi connectivity index (χ3v) is 1.93. The summed E-state index contributed by atoms with van der Waals surface area (Å²) in [5.74, 6) is 0. The van der Waals surface area contributed by atoms with Crippen molar-refractivity contribution in [3.63, 3.8) is 0 Å². The molecule has 1 unspecified atom stereocenters. The highest BCUT2D eigenvalue weighted by Gasteiger charge is 2.02. The normalized spacial score (nSPS) is 13.7. The van der Waals surface area contributed by atoms with Gasteiger partial charge in [0.2, 0.25) is 0 Å². The van der Waals surface area contributed by atoms with Crippen LogP contribution in [0.2, 0.25) is 0 Å². The van der Waals surface area contributed by atoms with Gasteiger partial charge in [-0.1, -0.05) is 31.9 Å². The zero-order valence-electron chi connectivity index (χ0n) is 8.62. The first-order valence-corrected chi connectivity index (χ1v) is 4.78. The van der Waals surface area contributed by atoms with Crippen LogP contribution in [0.5, 0.6) is 0 Å². The first-order valence-electron chi connectivity index (χ1n) is 4.78. The van der Waals surface area contributed by atoms with Gasteiger partial charge >= 0.3 is 0 Å². The Kier molecular flexibility index (Phi) is 11.9. The van der Waals surface area contributed by atoms with Gasteiger partial charge < -0.3 is 10.8 Å². The second-order valence-corrected chi connectivity index (χ2v) is 3.15. The van der Waals surface area contributed by atoms with Crippen molar-refractivity contribution in [2.24, 2.45) is 5.73 Å². The molecule has 2 nitrogen and oxygen atoms in total. The number of rotatable bonds is 6. The number of nitrogens with two attached hydrogens (primary N) is 1. The molecular formula is C10H22ClNO. The number of hydrogen-bond acceptors (Lipinski definition) is 2. The van der Waals surface area contributed by atoms with Crippen LogP contribution in [0.15, 0.2) is 11.6 Å². The Balaban J connectivity index is 0. The van der Waals surface area contributed by atoms with Gasteiger partial charge in [0, 0.05) is 6.04 Å². The molecule has 0 aromatic rings. The van der Waals surface area contributed by atoms with Gasteiger partial charge in [-0.2, -0.15) is 0 Å². The van der Waals surface area contributed by atoms with Crippen LogP contribution >= 0.6 is 12.4 Å². The van der Waals surface area contributed by atoms with Crippen molar-refractivity contribution in [3.8, 4) is 0 Å². The molecule has 0 radical (unpaired) electrons. The van der Waals surface area contributed by atoms with Crippen molar-refractivity contribution in [2.45, 2.75) is 45.6 Å². The summed E-state index contributed by atoms with van der Waals surface area (Å²) >= 11 is 0. The Morgan fingerprint density at radius 3 is 2.46 bits per heavy atom. The van der Waals surface area contributed by atoms with Gasteiger partial charge in [0.05, 0.1) is 6.61 Å². The molecule has 0 spiro atoms. The number of unbranched alkanes of at least 4 members (excludes halogenated alkanes) is 1. The molecule has 0 aliphatic carbocycles. The van der Waals surface area contributed by atoms with E-state index >= 15 is 0 Å². The molecule has 0 bridgehead atoms. The van der Waals surface area contributed by atoms with E-state index in [0.29, 0.717) is 0 Å². The lowest BCUT2D eigenvalue weighted by atomic mass is 10.0. The predicted octanol–water partition coefficient (Wildman–Crippen LogP) is 2.25. The minimum Gasteiger partial charge on any atom is -0.395 e. The van der Waals surface area contributed by atoms with Crippen molar-refractivity contribution < 1.29 is 5.11 Å². The second-order valence-electron chi connectivity index (χ2n) is 3.15. The van der Waals surface area contributed by atoms with Gasteiger partial charge in [0.15, 0.2) is 0 Å². The average molecular weight is 208 g/mol. The minimum atomic E-state index is -0.0759. The van der Waals surface area contributed by atoms with Crippen molar-refractivity contribution >= 4 is 12.4 Å².